The largest absolute Gasteiger partial charge is 0.362 e. The quantitative estimate of drug-likeness (QED) is 0.577. The lowest BCUT2D eigenvalue weighted by atomic mass is 10.1. The molecule has 0 atom stereocenters. The molecule has 0 radical (unpaired) electrons. The Kier molecular flexibility index (Phi) is 5.58. The van der Waals surface area contributed by atoms with Gasteiger partial charge in [0.2, 0.25) is 0 Å². The molecule has 4 nitrogen and oxygen atoms in total. The number of aromatic nitrogens is 1. The normalized spacial score (nSPS) is 10.5. The number of anilines is 2. The van der Waals surface area contributed by atoms with Gasteiger partial charge in [-0.05, 0) is 37.3 Å². The third kappa shape index (κ3) is 4.51. The van der Waals surface area contributed by atoms with Crippen LogP contribution in [0.1, 0.15) is 17.3 Å². The van der Waals surface area contributed by atoms with E-state index in [0.717, 1.165) is 22.9 Å². The molecule has 1 amide bonds. The molecule has 128 valence electrons. The molecular formula is C18H15Cl2N3OS. The lowest BCUT2D eigenvalue weighted by molar-refractivity contribution is 0.102. The van der Waals surface area contributed by atoms with Gasteiger partial charge in [-0.25, -0.2) is 4.98 Å². The summed E-state index contributed by atoms with van der Waals surface area (Å²) >= 11 is 13.5. The molecule has 2 N–H and O–H groups in total. The molecule has 0 fully saturated rings. The van der Waals surface area contributed by atoms with E-state index >= 15 is 0 Å². The first-order chi connectivity index (χ1) is 12.0. The standard InChI is InChI=1S/C18H15Cl2N3OS/c1-2-21-18-23-16(10-25-18)11-4-3-5-15(8-11)22-17(24)12-6-13(19)9-14(20)7-12/h3-10H,2H2,1H3,(H,21,23)(H,22,24). The van der Waals surface area contributed by atoms with E-state index in [1.165, 1.54) is 0 Å². The number of nitrogens with one attached hydrogen (secondary N) is 2. The van der Waals surface area contributed by atoms with E-state index in [4.69, 9.17) is 23.2 Å². The van der Waals surface area contributed by atoms with Crippen molar-refractivity contribution in [1.82, 2.24) is 4.98 Å². The number of thiazole rings is 1. The van der Waals surface area contributed by atoms with E-state index in [1.807, 2.05) is 36.6 Å². The highest BCUT2D eigenvalue weighted by molar-refractivity contribution is 7.14. The zero-order chi connectivity index (χ0) is 17.8. The molecule has 0 aliphatic carbocycles. The maximum atomic E-state index is 12.4. The van der Waals surface area contributed by atoms with Gasteiger partial charge in [0.25, 0.3) is 5.91 Å². The topological polar surface area (TPSA) is 54.0 Å². The molecule has 3 aromatic rings. The number of amides is 1. The molecule has 1 aromatic heterocycles. The highest BCUT2D eigenvalue weighted by Crippen LogP contribution is 2.27. The summed E-state index contributed by atoms with van der Waals surface area (Å²) in [6.45, 7) is 2.85. The van der Waals surface area contributed by atoms with Crippen LogP contribution in [0.15, 0.2) is 47.8 Å². The molecule has 0 aliphatic heterocycles. The number of rotatable bonds is 5. The first-order valence-corrected chi connectivity index (χ1v) is 9.26. The number of benzene rings is 2. The molecule has 2 aromatic carbocycles. The number of carbonyl (C=O) groups is 1. The maximum absolute atomic E-state index is 12.4. The number of hydrogen-bond acceptors (Lipinski definition) is 4. The Bertz CT molecular complexity index is 891. The molecular weight excluding hydrogens is 377 g/mol. The molecule has 0 aliphatic rings. The molecule has 1 heterocycles. The Hall–Kier alpha value is -2.08. The highest BCUT2D eigenvalue weighted by atomic mass is 35.5. The van der Waals surface area contributed by atoms with Gasteiger partial charge in [0.05, 0.1) is 5.69 Å². The zero-order valence-corrected chi connectivity index (χ0v) is 15.7. The summed E-state index contributed by atoms with van der Waals surface area (Å²) < 4.78 is 0. The fourth-order valence-electron chi connectivity index (χ4n) is 2.28. The summed E-state index contributed by atoms with van der Waals surface area (Å²) in [4.78, 5) is 16.9. The van der Waals surface area contributed by atoms with Gasteiger partial charge in [-0.2, -0.15) is 0 Å². The first kappa shape index (κ1) is 17.7. The molecule has 25 heavy (non-hydrogen) atoms. The van der Waals surface area contributed by atoms with Crippen LogP contribution < -0.4 is 10.6 Å². The Morgan fingerprint density at radius 3 is 2.64 bits per heavy atom. The van der Waals surface area contributed by atoms with Gasteiger partial charge in [-0.1, -0.05) is 35.3 Å². The van der Waals surface area contributed by atoms with Gasteiger partial charge in [-0.3, -0.25) is 4.79 Å². The summed E-state index contributed by atoms with van der Waals surface area (Å²) in [7, 11) is 0. The van der Waals surface area contributed by atoms with Crippen LogP contribution in [-0.2, 0) is 0 Å². The van der Waals surface area contributed by atoms with E-state index in [2.05, 4.69) is 15.6 Å². The van der Waals surface area contributed by atoms with Crippen molar-refractivity contribution in [2.75, 3.05) is 17.2 Å². The van der Waals surface area contributed by atoms with E-state index in [1.54, 1.807) is 29.5 Å². The van der Waals surface area contributed by atoms with Crippen molar-refractivity contribution in [2.24, 2.45) is 0 Å². The molecule has 7 heteroatoms. The predicted molar refractivity (Wildman–Crippen MR) is 106 cm³/mol. The molecule has 0 saturated carbocycles. The highest BCUT2D eigenvalue weighted by Gasteiger charge is 2.10. The van der Waals surface area contributed by atoms with Crippen molar-refractivity contribution in [3.63, 3.8) is 0 Å². The summed E-state index contributed by atoms with van der Waals surface area (Å²) in [5, 5.41) is 9.75. The molecule has 0 saturated heterocycles. The maximum Gasteiger partial charge on any atom is 0.255 e. The Balaban J connectivity index is 1.80. The minimum absolute atomic E-state index is 0.270. The van der Waals surface area contributed by atoms with Gasteiger partial charge in [-0.15, -0.1) is 11.3 Å². The van der Waals surface area contributed by atoms with E-state index in [9.17, 15) is 4.79 Å². The van der Waals surface area contributed by atoms with Crippen molar-refractivity contribution in [3.05, 3.63) is 63.5 Å². The van der Waals surface area contributed by atoms with Gasteiger partial charge < -0.3 is 10.6 Å². The van der Waals surface area contributed by atoms with Crippen LogP contribution in [0.2, 0.25) is 10.0 Å². The van der Waals surface area contributed by atoms with Gasteiger partial charge in [0, 0.05) is 38.8 Å². The molecule has 0 spiro atoms. The van der Waals surface area contributed by atoms with Crippen molar-refractivity contribution in [3.8, 4) is 11.3 Å². The lowest BCUT2D eigenvalue weighted by Gasteiger charge is -2.07. The zero-order valence-electron chi connectivity index (χ0n) is 13.3. The second-order valence-electron chi connectivity index (χ2n) is 5.26. The van der Waals surface area contributed by atoms with Gasteiger partial charge in [0.15, 0.2) is 5.13 Å². The van der Waals surface area contributed by atoms with E-state index in [-0.39, 0.29) is 5.91 Å². The molecule has 0 unspecified atom stereocenters. The third-order valence-corrected chi connectivity index (χ3v) is 4.61. The number of nitrogens with zero attached hydrogens (tertiary/aromatic N) is 1. The van der Waals surface area contributed by atoms with Crippen LogP contribution in [0.3, 0.4) is 0 Å². The molecule has 3 rings (SSSR count). The third-order valence-electron chi connectivity index (χ3n) is 3.37. The van der Waals surface area contributed by atoms with Crippen molar-refractivity contribution in [2.45, 2.75) is 6.92 Å². The fourth-order valence-corrected chi connectivity index (χ4v) is 3.60. The van der Waals surface area contributed by atoms with Gasteiger partial charge >= 0.3 is 0 Å². The van der Waals surface area contributed by atoms with E-state index < -0.39 is 0 Å². The summed E-state index contributed by atoms with van der Waals surface area (Å²) in [5.41, 5.74) is 2.88. The fraction of sp³-hybridized carbons (Fsp3) is 0.111. The summed E-state index contributed by atoms with van der Waals surface area (Å²) in [6.07, 6.45) is 0. The number of halogens is 2. The predicted octanol–water partition coefficient (Wildman–Crippen LogP) is 5.80. The van der Waals surface area contributed by atoms with Crippen molar-refractivity contribution >= 4 is 51.3 Å². The Morgan fingerprint density at radius 2 is 1.92 bits per heavy atom. The average Bonchev–Trinajstić information content (AvgIpc) is 3.03. The van der Waals surface area contributed by atoms with Crippen molar-refractivity contribution < 1.29 is 4.79 Å². The monoisotopic (exact) mass is 391 g/mol. The summed E-state index contributed by atoms with van der Waals surface area (Å²) in [6, 6.07) is 12.3. The van der Waals surface area contributed by atoms with Crippen LogP contribution in [0.25, 0.3) is 11.3 Å². The average molecular weight is 392 g/mol. The second-order valence-corrected chi connectivity index (χ2v) is 6.99. The minimum atomic E-state index is -0.270. The van der Waals surface area contributed by atoms with Crippen LogP contribution in [0.5, 0.6) is 0 Å². The van der Waals surface area contributed by atoms with Crippen LogP contribution in [0.4, 0.5) is 10.8 Å². The van der Waals surface area contributed by atoms with Crippen LogP contribution >= 0.6 is 34.5 Å². The van der Waals surface area contributed by atoms with Crippen LogP contribution in [0, 0.1) is 0 Å². The summed E-state index contributed by atoms with van der Waals surface area (Å²) in [5.74, 6) is -0.270. The van der Waals surface area contributed by atoms with Crippen molar-refractivity contribution in [1.29, 1.82) is 0 Å². The van der Waals surface area contributed by atoms with E-state index in [0.29, 0.717) is 21.3 Å². The van der Waals surface area contributed by atoms with Gasteiger partial charge in [0.1, 0.15) is 0 Å². The molecule has 0 bridgehead atoms. The minimum Gasteiger partial charge on any atom is -0.362 e. The second kappa shape index (κ2) is 7.87. The smallest absolute Gasteiger partial charge is 0.255 e. The number of carbonyl (C=O) groups excluding carboxylic acids is 1. The Labute approximate surface area is 159 Å². The first-order valence-electron chi connectivity index (χ1n) is 7.62. The Morgan fingerprint density at radius 1 is 1.16 bits per heavy atom. The number of hydrogen-bond donors (Lipinski definition) is 2. The SMILES string of the molecule is CCNc1nc(-c2cccc(NC(=O)c3cc(Cl)cc(Cl)c3)c2)cs1. The lowest BCUT2D eigenvalue weighted by Crippen LogP contribution is -2.11. The van der Waals surface area contributed by atoms with Crippen LogP contribution in [-0.4, -0.2) is 17.4 Å².